The average molecular weight is 402 g/mol. The number of urea groups is 1. The van der Waals surface area contributed by atoms with Gasteiger partial charge in [-0.2, -0.15) is 0 Å². The summed E-state index contributed by atoms with van der Waals surface area (Å²) in [6.45, 7) is 9.55. The molecule has 1 heterocycles. The number of amides is 2. The lowest BCUT2D eigenvalue weighted by atomic mass is 10.1. The first-order chi connectivity index (χ1) is 13.9. The minimum absolute atomic E-state index is 0.162. The van der Waals surface area contributed by atoms with Gasteiger partial charge in [-0.3, -0.25) is 4.90 Å². The van der Waals surface area contributed by atoms with E-state index in [1.807, 2.05) is 0 Å². The fourth-order valence-corrected chi connectivity index (χ4v) is 3.54. The van der Waals surface area contributed by atoms with E-state index in [1.54, 1.807) is 0 Å². The molecule has 1 aliphatic rings. The highest BCUT2D eigenvalue weighted by molar-refractivity contribution is 5.89. The number of benzene rings is 2. The van der Waals surface area contributed by atoms with Crippen LogP contribution in [0.1, 0.15) is 17.5 Å². The van der Waals surface area contributed by atoms with Gasteiger partial charge in [0.1, 0.15) is 11.6 Å². The summed E-state index contributed by atoms with van der Waals surface area (Å²) < 4.78 is 26.7. The van der Waals surface area contributed by atoms with Gasteiger partial charge in [-0.05, 0) is 56.1 Å². The summed E-state index contributed by atoms with van der Waals surface area (Å²) in [6.07, 6.45) is 0.794. The van der Waals surface area contributed by atoms with Gasteiger partial charge < -0.3 is 15.5 Å². The zero-order valence-corrected chi connectivity index (χ0v) is 17.0. The minimum Gasteiger partial charge on any atom is -0.369 e. The molecule has 1 saturated heterocycles. The first-order valence-electron chi connectivity index (χ1n) is 9.97. The summed E-state index contributed by atoms with van der Waals surface area (Å²) in [4.78, 5) is 16.7. The molecule has 2 aromatic rings. The molecule has 5 nitrogen and oxygen atoms in total. The molecule has 1 fully saturated rings. The van der Waals surface area contributed by atoms with Gasteiger partial charge in [0.05, 0.1) is 5.69 Å². The summed E-state index contributed by atoms with van der Waals surface area (Å²) >= 11 is 0. The highest BCUT2D eigenvalue weighted by Gasteiger charge is 2.18. The number of carbonyl (C=O) groups excluding carboxylic acids is 1. The number of hydrogen-bond donors (Lipinski definition) is 2. The summed E-state index contributed by atoms with van der Waals surface area (Å²) in [5, 5.41) is 5.03. The van der Waals surface area contributed by atoms with E-state index in [9.17, 15) is 13.6 Å². The van der Waals surface area contributed by atoms with Crippen molar-refractivity contribution in [2.45, 2.75) is 20.3 Å². The van der Waals surface area contributed by atoms with Crippen LogP contribution in [0.2, 0.25) is 0 Å². The molecule has 0 spiro atoms. The molecule has 0 unspecified atom stereocenters. The van der Waals surface area contributed by atoms with Gasteiger partial charge in [-0.15, -0.1) is 0 Å². The van der Waals surface area contributed by atoms with Crippen LogP contribution in [-0.2, 0) is 0 Å². The lowest BCUT2D eigenvalue weighted by molar-refractivity contribution is 0.244. The standard InChI is InChI=1S/C22H28F2N4O/c1-16-4-5-17(2)21(14-16)28-12-10-27(11-13-28)9-3-8-25-22(29)26-20-15-18(23)6-7-19(20)24/h4-7,14-15H,3,8-13H2,1-2H3,(H2,25,26,29). The second-order valence-electron chi connectivity index (χ2n) is 7.48. The second kappa shape index (κ2) is 9.69. The Labute approximate surface area is 170 Å². The van der Waals surface area contributed by atoms with Crippen LogP contribution in [0.5, 0.6) is 0 Å². The molecule has 0 atom stereocenters. The Balaban J connectivity index is 1.36. The molecule has 29 heavy (non-hydrogen) atoms. The molecule has 0 aromatic heterocycles. The molecule has 156 valence electrons. The number of aryl methyl sites for hydroxylation is 2. The summed E-state index contributed by atoms with van der Waals surface area (Å²) in [5.74, 6) is -1.26. The van der Waals surface area contributed by atoms with Crippen LogP contribution in [0.25, 0.3) is 0 Å². The van der Waals surface area contributed by atoms with Crippen LogP contribution in [0.4, 0.5) is 25.0 Å². The first-order valence-corrected chi connectivity index (χ1v) is 9.97. The van der Waals surface area contributed by atoms with Gasteiger partial charge >= 0.3 is 6.03 Å². The maximum atomic E-state index is 13.5. The molecular weight excluding hydrogens is 374 g/mol. The van der Waals surface area contributed by atoms with E-state index in [0.717, 1.165) is 57.3 Å². The van der Waals surface area contributed by atoms with Crippen molar-refractivity contribution in [1.29, 1.82) is 0 Å². The number of rotatable bonds is 6. The normalized spacial score (nSPS) is 14.7. The molecule has 0 saturated carbocycles. The Morgan fingerprint density at radius 3 is 2.55 bits per heavy atom. The highest BCUT2D eigenvalue weighted by Crippen LogP contribution is 2.22. The van der Waals surface area contributed by atoms with Crippen LogP contribution in [0.15, 0.2) is 36.4 Å². The van der Waals surface area contributed by atoms with E-state index >= 15 is 0 Å². The third kappa shape index (κ3) is 5.90. The third-order valence-electron chi connectivity index (χ3n) is 5.19. The van der Waals surface area contributed by atoms with Gasteiger partial charge in [0, 0.05) is 44.5 Å². The van der Waals surface area contributed by atoms with E-state index in [4.69, 9.17) is 0 Å². The van der Waals surface area contributed by atoms with E-state index in [1.165, 1.54) is 16.8 Å². The molecular formula is C22H28F2N4O. The zero-order valence-electron chi connectivity index (χ0n) is 17.0. The topological polar surface area (TPSA) is 47.6 Å². The Morgan fingerprint density at radius 1 is 1.03 bits per heavy atom. The quantitative estimate of drug-likeness (QED) is 0.720. The van der Waals surface area contributed by atoms with Crippen molar-refractivity contribution in [3.63, 3.8) is 0 Å². The predicted molar refractivity (Wildman–Crippen MR) is 113 cm³/mol. The van der Waals surface area contributed by atoms with Crippen LogP contribution >= 0.6 is 0 Å². The Morgan fingerprint density at radius 2 is 1.79 bits per heavy atom. The number of piperazine rings is 1. The summed E-state index contributed by atoms with van der Waals surface area (Å²) in [5.41, 5.74) is 3.72. The van der Waals surface area contributed by atoms with Gasteiger partial charge in [0.2, 0.25) is 0 Å². The molecule has 0 bridgehead atoms. The number of anilines is 2. The number of halogens is 2. The molecule has 0 aliphatic carbocycles. The molecule has 0 radical (unpaired) electrons. The average Bonchev–Trinajstić information content (AvgIpc) is 2.70. The lowest BCUT2D eigenvalue weighted by Gasteiger charge is -2.37. The molecule has 3 rings (SSSR count). The molecule has 2 amide bonds. The Bertz CT molecular complexity index is 851. The van der Waals surface area contributed by atoms with Crippen molar-refractivity contribution in [3.05, 3.63) is 59.2 Å². The number of hydrogen-bond acceptors (Lipinski definition) is 3. The van der Waals surface area contributed by atoms with Crippen molar-refractivity contribution in [2.75, 3.05) is 49.5 Å². The maximum absolute atomic E-state index is 13.5. The van der Waals surface area contributed by atoms with Crippen molar-refractivity contribution < 1.29 is 13.6 Å². The van der Waals surface area contributed by atoms with Gasteiger partial charge in [0.15, 0.2) is 0 Å². The number of nitrogens with one attached hydrogen (secondary N) is 2. The summed E-state index contributed by atoms with van der Waals surface area (Å²) in [6, 6.07) is 8.99. The fraction of sp³-hybridized carbons (Fsp3) is 0.409. The van der Waals surface area contributed by atoms with Gasteiger partial charge in [0.25, 0.3) is 0 Å². The van der Waals surface area contributed by atoms with Gasteiger partial charge in [-0.1, -0.05) is 12.1 Å². The Kier molecular flexibility index (Phi) is 7.04. The SMILES string of the molecule is Cc1ccc(C)c(N2CCN(CCCNC(=O)Nc3cc(F)ccc3F)CC2)c1. The largest absolute Gasteiger partial charge is 0.369 e. The monoisotopic (exact) mass is 402 g/mol. The number of nitrogens with zero attached hydrogens (tertiary/aromatic N) is 2. The van der Waals surface area contributed by atoms with E-state index in [-0.39, 0.29) is 5.69 Å². The molecule has 2 aromatic carbocycles. The lowest BCUT2D eigenvalue weighted by Crippen LogP contribution is -2.47. The first kappa shape index (κ1) is 21.0. The van der Waals surface area contributed by atoms with Crippen LogP contribution in [-0.4, -0.2) is 50.2 Å². The van der Waals surface area contributed by atoms with Crippen LogP contribution < -0.4 is 15.5 Å². The van der Waals surface area contributed by atoms with E-state index < -0.39 is 17.7 Å². The highest BCUT2D eigenvalue weighted by atomic mass is 19.1. The molecule has 2 N–H and O–H groups in total. The predicted octanol–water partition coefficient (Wildman–Crippen LogP) is 3.92. The summed E-state index contributed by atoms with van der Waals surface area (Å²) in [7, 11) is 0. The van der Waals surface area contributed by atoms with Crippen LogP contribution in [0, 0.1) is 25.5 Å². The van der Waals surface area contributed by atoms with Crippen molar-refractivity contribution in [2.24, 2.45) is 0 Å². The third-order valence-corrected chi connectivity index (χ3v) is 5.19. The fourth-order valence-electron chi connectivity index (χ4n) is 3.54. The van der Waals surface area contributed by atoms with Crippen molar-refractivity contribution >= 4 is 17.4 Å². The van der Waals surface area contributed by atoms with Crippen molar-refractivity contribution in [3.8, 4) is 0 Å². The second-order valence-corrected chi connectivity index (χ2v) is 7.48. The van der Waals surface area contributed by atoms with Crippen LogP contribution in [0.3, 0.4) is 0 Å². The maximum Gasteiger partial charge on any atom is 0.319 e. The van der Waals surface area contributed by atoms with E-state index in [0.29, 0.717) is 6.54 Å². The van der Waals surface area contributed by atoms with E-state index in [2.05, 4.69) is 52.5 Å². The van der Waals surface area contributed by atoms with Crippen molar-refractivity contribution in [1.82, 2.24) is 10.2 Å². The molecule has 1 aliphatic heterocycles. The molecule has 7 heteroatoms. The Hall–Kier alpha value is -2.67. The smallest absolute Gasteiger partial charge is 0.319 e. The van der Waals surface area contributed by atoms with Gasteiger partial charge in [-0.25, -0.2) is 13.6 Å². The minimum atomic E-state index is -0.664. The zero-order chi connectivity index (χ0) is 20.8. The number of carbonyl (C=O) groups is 1.